The van der Waals surface area contributed by atoms with Crippen molar-refractivity contribution in [2.45, 2.75) is 25.7 Å². The average molecular weight is 306 g/mol. The van der Waals surface area contributed by atoms with Crippen molar-refractivity contribution in [2.24, 2.45) is 0 Å². The maximum Gasteiger partial charge on any atom is 0.144 e. The van der Waals surface area contributed by atoms with Crippen molar-refractivity contribution in [1.29, 1.82) is 0 Å². The van der Waals surface area contributed by atoms with Crippen LogP contribution in [-0.4, -0.2) is 29.8 Å². The highest BCUT2D eigenvalue weighted by Crippen LogP contribution is 2.33. The van der Waals surface area contributed by atoms with Crippen molar-refractivity contribution in [1.82, 2.24) is 14.9 Å². The Morgan fingerprint density at radius 1 is 1.43 bits per heavy atom. The number of ether oxygens (including phenoxy) is 1. The summed E-state index contributed by atoms with van der Waals surface area (Å²) in [7, 11) is 1.67. The van der Waals surface area contributed by atoms with Crippen LogP contribution >= 0.6 is 11.6 Å². The lowest BCUT2D eigenvalue weighted by Crippen LogP contribution is -2.29. The molecule has 1 N–H and O–H groups in total. The lowest BCUT2D eigenvalue weighted by Gasteiger charge is -2.24. The summed E-state index contributed by atoms with van der Waals surface area (Å²) in [5.74, 6) is 1.26. The van der Waals surface area contributed by atoms with E-state index in [9.17, 15) is 0 Å². The smallest absolute Gasteiger partial charge is 0.144 e. The van der Waals surface area contributed by atoms with Gasteiger partial charge < -0.3 is 10.1 Å². The topological polar surface area (TPSA) is 39.1 Å². The average Bonchev–Trinajstić information content (AvgIpc) is 2.99. The maximum absolute atomic E-state index is 6.20. The summed E-state index contributed by atoms with van der Waals surface area (Å²) in [6, 6.07) is 3.93. The van der Waals surface area contributed by atoms with Crippen LogP contribution in [0.25, 0.3) is 5.69 Å². The van der Waals surface area contributed by atoms with E-state index >= 15 is 0 Å². The van der Waals surface area contributed by atoms with Crippen LogP contribution in [0.1, 0.15) is 30.0 Å². The van der Waals surface area contributed by atoms with Gasteiger partial charge in [-0.2, -0.15) is 0 Å². The van der Waals surface area contributed by atoms with E-state index in [2.05, 4.69) is 20.9 Å². The fourth-order valence-corrected chi connectivity index (χ4v) is 3.07. The Morgan fingerprint density at radius 2 is 2.29 bits per heavy atom. The van der Waals surface area contributed by atoms with Crippen LogP contribution in [0, 0.1) is 6.92 Å². The third-order valence-electron chi connectivity index (χ3n) is 4.10. The van der Waals surface area contributed by atoms with Crippen molar-refractivity contribution in [2.75, 3.05) is 20.2 Å². The molecular formula is C16H20ClN3O. The quantitative estimate of drug-likeness (QED) is 0.945. The van der Waals surface area contributed by atoms with Gasteiger partial charge in [-0.25, -0.2) is 4.98 Å². The van der Waals surface area contributed by atoms with E-state index in [1.54, 1.807) is 7.11 Å². The predicted molar refractivity (Wildman–Crippen MR) is 84.7 cm³/mol. The van der Waals surface area contributed by atoms with Gasteiger partial charge in [-0.05, 0) is 37.9 Å². The molecule has 1 aromatic heterocycles. The van der Waals surface area contributed by atoms with Crippen LogP contribution in [0.2, 0.25) is 5.02 Å². The molecule has 21 heavy (non-hydrogen) atoms. The first kappa shape index (κ1) is 14.4. The minimum absolute atomic E-state index is 0.488. The lowest BCUT2D eigenvalue weighted by atomic mass is 9.96. The number of rotatable bonds is 3. The molecule has 0 spiro atoms. The molecule has 0 radical (unpaired) electrons. The molecule has 1 aliphatic heterocycles. The van der Waals surface area contributed by atoms with E-state index in [-0.39, 0.29) is 0 Å². The van der Waals surface area contributed by atoms with Gasteiger partial charge in [-0.15, -0.1) is 0 Å². The molecule has 1 atom stereocenters. The van der Waals surface area contributed by atoms with Crippen molar-refractivity contribution < 1.29 is 4.74 Å². The first-order valence-electron chi connectivity index (χ1n) is 7.28. The lowest BCUT2D eigenvalue weighted by molar-refractivity contribution is 0.410. The van der Waals surface area contributed by atoms with Gasteiger partial charge in [0.15, 0.2) is 0 Å². The number of imidazole rings is 1. The minimum Gasteiger partial charge on any atom is -0.495 e. The Labute approximate surface area is 130 Å². The Balaban J connectivity index is 2.05. The van der Waals surface area contributed by atoms with E-state index < -0.39 is 0 Å². The largest absolute Gasteiger partial charge is 0.495 e. The first-order chi connectivity index (χ1) is 10.2. The fraction of sp³-hybridized carbons (Fsp3) is 0.438. The van der Waals surface area contributed by atoms with Crippen LogP contribution in [0.15, 0.2) is 24.7 Å². The van der Waals surface area contributed by atoms with Gasteiger partial charge in [-0.1, -0.05) is 11.6 Å². The van der Waals surface area contributed by atoms with Crippen LogP contribution in [0.3, 0.4) is 0 Å². The molecule has 0 aliphatic carbocycles. The molecule has 0 bridgehead atoms. The molecule has 5 heteroatoms. The van der Waals surface area contributed by atoms with E-state index in [1.807, 2.05) is 25.5 Å². The van der Waals surface area contributed by atoms with E-state index in [0.717, 1.165) is 35.1 Å². The third-order valence-corrected chi connectivity index (χ3v) is 4.51. The third kappa shape index (κ3) is 2.78. The molecular weight excluding hydrogens is 286 g/mol. The fourth-order valence-electron chi connectivity index (χ4n) is 2.91. The summed E-state index contributed by atoms with van der Waals surface area (Å²) >= 11 is 6.20. The summed E-state index contributed by atoms with van der Waals surface area (Å²) in [4.78, 5) is 4.35. The SMILES string of the molecule is COc1cc(Cl)c(C)cc1-n1cncc1C1CCCNC1. The number of piperidine rings is 1. The number of hydrogen-bond acceptors (Lipinski definition) is 3. The van der Waals surface area contributed by atoms with Crippen molar-refractivity contribution in [3.63, 3.8) is 0 Å². The monoisotopic (exact) mass is 305 g/mol. The molecule has 112 valence electrons. The number of nitrogens with zero attached hydrogens (tertiary/aromatic N) is 2. The predicted octanol–water partition coefficient (Wildman–Crippen LogP) is 3.31. The number of nitrogens with one attached hydrogen (secondary N) is 1. The molecule has 1 fully saturated rings. The Kier molecular flexibility index (Phi) is 4.17. The zero-order chi connectivity index (χ0) is 14.8. The van der Waals surface area contributed by atoms with Crippen LogP contribution < -0.4 is 10.1 Å². The summed E-state index contributed by atoms with van der Waals surface area (Å²) in [6.45, 7) is 4.11. The molecule has 0 saturated carbocycles. The summed E-state index contributed by atoms with van der Waals surface area (Å²) < 4.78 is 7.62. The van der Waals surface area contributed by atoms with Crippen LogP contribution in [-0.2, 0) is 0 Å². The van der Waals surface area contributed by atoms with Gasteiger partial charge in [0.25, 0.3) is 0 Å². The molecule has 1 saturated heterocycles. The van der Waals surface area contributed by atoms with Crippen molar-refractivity contribution >= 4 is 11.6 Å². The Bertz CT molecular complexity index is 632. The van der Waals surface area contributed by atoms with Gasteiger partial charge >= 0.3 is 0 Å². The Morgan fingerprint density at radius 3 is 3.00 bits per heavy atom. The number of aryl methyl sites for hydroxylation is 1. The van der Waals surface area contributed by atoms with Crippen LogP contribution in [0.4, 0.5) is 0 Å². The summed E-state index contributed by atoms with van der Waals surface area (Å²) in [5, 5.41) is 4.18. The second-order valence-corrected chi connectivity index (χ2v) is 5.91. The molecule has 1 unspecified atom stereocenters. The molecule has 3 rings (SSSR count). The summed E-state index contributed by atoms with van der Waals surface area (Å²) in [5.41, 5.74) is 3.26. The second-order valence-electron chi connectivity index (χ2n) is 5.51. The van der Waals surface area contributed by atoms with Gasteiger partial charge in [0.05, 0.1) is 19.1 Å². The molecule has 1 aliphatic rings. The molecule has 0 amide bonds. The highest BCUT2D eigenvalue weighted by molar-refractivity contribution is 6.31. The number of halogens is 1. The van der Waals surface area contributed by atoms with Gasteiger partial charge in [0.1, 0.15) is 5.75 Å². The van der Waals surface area contributed by atoms with Crippen LogP contribution in [0.5, 0.6) is 5.75 Å². The van der Waals surface area contributed by atoms with E-state index in [4.69, 9.17) is 16.3 Å². The molecule has 1 aromatic carbocycles. The Hall–Kier alpha value is -1.52. The van der Waals surface area contributed by atoms with Crippen molar-refractivity contribution in [3.05, 3.63) is 40.9 Å². The number of hydrogen-bond donors (Lipinski definition) is 1. The number of methoxy groups -OCH3 is 1. The maximum atomic E-state index is 6.20. The zero-order valence-corrected chi connectivity index (χ0v) is 13.2. The summed E-state index contributed by atoms with van der Waals surface area (Å²) in [6.07, 6.45) is 6.20. The zero-order valence-electron chi connectivity index (χ0n) is 12.4. The minimum atomic E-state index is 0.488. The highest BCUT2D eigenvalue weighted by atomic mass is 35.5. The normalized spacial score (nSPS) is 18.7. The number of aromatic nitrogens is 2. The van der Waals surface area contributed by atoms with Crippen molar-refractivity contribution in [3.8, 4) is 11.4 Å². The van der Waals surface area contributed by atoms with Gasteiger partial charge in [-0.3, -0.25) is 4.57 Å². The molecule has 2 heterocycles. The first-order valence-corrected chi connectivity index (χ1v) is 7.66. The van der Waals surface area contributed by atoms with Gasteiger partial charge in [0.2, 0.25) is 0 Å². The van der Waals surface area contributed by atoms with E-state index in [0.29, 0.717) is 5.92 Å². The molecule has 4 nitrogen and oxygen atoms in total. The second kappa shape index (κ2) is 6.08. The van der Waals surface area contributed by atoms with E-state index in [1.165, 1.54) is 18.5 Å². The molecule has 2 aromatic rings. The number of benzene rings is 1. The highest BCUT2D eigenvalue weighted by Gasteiger charge is 2.21. The standard InChI is InChI=1S/C16H20ClN3O/c1-11-6-14(16(21-2)7-13(11)17)20-10-19-9-15(20)12-4-3-5-18-8-12/h6-7,9-10,12,18H,3-5,8H2,1-2H3. The van der Waals surface area contributed by atoms with Gasteiger partial charge in [0, 0.05) is 35.4 Å².